The third-order valence-electron chi connectivity index (χ3n) is 2.56. The minimum atomic E-state index is -0.871. The lowest BCUT2D eigenvalue weighted by atomic mass is 10.0. The van der Waals surface area contributed by atoms with Crippen molar-refractivity contribution in [3.8, 4) is 0 Å². The largest absolute Gasteiger partial charge is 0.528 e. The normalized spacial score (nSPS) is 12.4. The van der Waals surface area contributed by atoms with Crippen LogP contribution >= 0.6 is 0 Å². The Balaban J connectivity index is 2.61. The first-order chi connectivity index (χ1) is 9.74. The quantitative estimate of drug-likeness (QED) is 0.494. The Labute approximate surface area is 124 Å². The van der Waals surface area contributed by atoms with E-state index in [1.165, 1.54) is 0 Å². The molecule has 0 aliphatic rings. The smallest absolute Gasteiger partial charge is 0.427 e. The van der Waals surface area contributed by atoms with Crippen LogP contribution in [-0.4, -0.2) is 30.6 Å². The van der Waals surface area contributed by atoms with E-state index in [1.807, 2.05) is 6.07 Å². The molecule has 1 aromatic rings. The average Bonchev–Trinajstić information content (AvgIpc) is 2.42. The molecule has 0 aliphatic heterocycles. The molecule has 0 aliphatic carbocycles. The first kappa shape index (κ1) is 17.0. The zero-order chi connectivity index (χ0) is 16.0. The third-order valence-corrected chi connectivity index (χ3v) is 2.56. The van der Waals surface area contributed by atoms with Gasteiger partial charge in [0.15, 0.2) is 5.78 Å². The first-order valence-corrected chi connectivity index (χ1v) is 6.71. The van der Waals surface area contributed by atoms with E-state index in [0.29, 0.717) is 11.3 Å². The predicted octanol–water partition coefficient (Wildman–Crippen LogP) is 2.76. The lowest BCUT2D eigenvalue weighted by Crippen LogP contribution is -2.37. The summed E-state index contributed by atoms with van der Waals surface area (Å²) in [6.07, 6.45) is -0.871. The highest BCUT2D eigenvalue weighted by molar-refractivity contribution is 6.04. The fourth-order valence-electron chi connectivity index (χ4n) is 1.61. The molecule has 2 N–H and O–H groups in total. The molecule has 0 saturated heterocycles. The molecule has 6 nitrogen and oxygen atoms in total. The Morgan fingerprint density at radius 1 is 1.19 bits per heavy atom. The SMILES string of the molecule is CNc1ccccc1C(=O)[C@H](C)NOC(=O)OC(C)(C)C. The molecule has 1 aromatic carbocycles. The van der Waals surface area contributed by atoms with Crippen molar-refractivity contribution in [1.29, 1.82) is 0 Å². The van der Waals surface area contributed by atoms with Crippen LogP contribution in [-0.2, 0) is 9.57 Å². The molecule has 0 aromatic heterocycles. The van der Waals surface area contributed by atoms with E-state index in [-0.39, 0.29) is 5.78 Å². The number of ether oxygens (including phenoxy) is 1. The summed E-state index contributed by atoms with van der Waals surface area (Å²) in [5.74, 6) is -0.191. The maximum atomic E-state index is 12.3. The summed E-state index contributed by atoms with van der Waals surface area (Å²) in [4.78, 5) is 28.4. The molecule has 0 radical (unpaired) electrons. The van der Waals surface area contributed by atoms with Crippen molar-refractivity contribution in [2.24, 2.45) is 0 Å². The number of anilines is 1. The van der Waals surface area contributed by atoms with Gasteiger partial charge < -0.3 is 14.9 Å². The molecule has 0 amide bonds. The Hall–Kier alpha value is -2.08. The van der Waals surface area contributed by atoms with Crippen LogP contribution in [0.15, 0.2) is 24.3 Å². The number of nitrogens with one attached hydrogen (secondary N) is 2. The molecule has 0 fully saturated rings. The summed E-state index contributed by atoms with van der Waals surface area (Å²) >= 11 is 0. The Bertz CT molecular complexity index is 509. The van der Waals surface area contributed by atoms with Crippen LogP contribution in [0.1, 0.15) is 38.1 Å². The minimum Gasteiger partial charge on any atom is -0.427 e. The highest BCUT2D eigenvalue weighted by Gasteiger charge is 2.22. The number of hydrogen-bond acceptors (Lipinski definition) is 6. The average molecular weight is 294 g/mol. The fourth-order valence-corrected chi connectivity index (χ4v) is 1.61. The van der Waals surface area contributed by atoms with Gasteiger partial charge in [0, 0.05) is 18.3 Å². The summed E-state index contributed by atoms with van der Waals surface area (Å²) in [6.45, 7) is 6.79. The van der Waals surface area contributed by atoms with Crippen molar-refractivity contribution in [2.45, 2.75) is 39.3 Å². The van der Waals surface area contributed by atoms with Crippen LogP contribution in [0.4, 0.5) is 10.5 Å². The van der Waals surface area contributed by atoms with E-state index in [9.17, 15) is 9.59 Å². The molecule has 1 rings (SSSR count). The zero-order valence-electron chi connectivity index (χ0n) is 13.0. The first-order valence-electron chi connectivity index (χ1n) is 6.71. The lowest BCUT2D eigenvalue weighted by Gasteiger charge is -2.20. The van der Waals surface area contributed by atoms with Crippen LogP contribution in [0.5, 0.6) is 0 Å². The van der Waals surface area contributed by atoms with E-state index in [2.05, 4.69) is 10.8 Å². The van der Waals surface area contributed by atoms with E-state index < -0.39 is 17.8 Å². The number of ketones is 1. The molecular formula is C15H22N2O4. The van der Waals surface area contributed by atoms with E-state index >= 15 is 0 Å². The maximum absolute atomic E-state index is 12.3. The number of hydrogen-bond donors (Lipinski definition) is 2. The molecule has 0 bridgehead atoms. The number of carbonyl (C=O) groups excluding carboxylic acids is 2. The summed E-state index contributed by atoms with van der Waals surface area (Å²) in [7, 11) is 1.74. The van der Waals surface area contributed by atoms with Crippen LogP contribution in [0.2, 0.25) is 0 Å². The fraction of sp³-hybridized carbons (Fsp3) is 0.467. The second kappa shape index (κ2) is 7.08. The molecule has 0 heterocycles. The molecule has 6 heteroatoms. The standard InChI is InChI=1S/C15H22N2O4/c1-10(17-21-14(19)20-15(2,3)4)13(18)11-8-6-7-9-12(11)16-5/h6-10,16-17H,1-5H3/t10-/m0/s1. The second-order valence-corrected chi connectivity index (χ2v) is 5.57. The number of hydroxylamine groups is 1. The van der Waals surface area contributed by atoms with Gasteiger partial charge in [-0.1, -0.05) is 12.1 Å². The van der Waals surface area contributed by atoms with Gasteiger partial charge in [0.05, 0.1) is 0 Å². The number of carbonyl (C=O) groups is 2. The zero-order valence-corrected chi connectivity index (χ0v) is 13.0. The Morgan fingerprint density at radius 3 is 2.38 bits per heavy atom. The Kier molecular flexibility index (Phi) is 5.72. The topological polar surface area (TPSA) is 76.7 Å². The van der Waals surface area contributed by atoms with Gasteiger partial charge >= 0.3 is 6.16 Å². The summed E-state index contributed by atoms with van der Waals surface area (Å²) in [5.41, 5.74) is 2.99. The Morgan fingerprint density at radius 2 is 1.81 bits per heavy atom. The molecular weight excluding hydrogens is 272 g/mol. The second-order valence-electron chi connectivity index (χ2n) is 5.57. The van der Waals surface area contributed by atoms with Gasteiger partial charge in [0.1, 0.15) is 11.6 Å². The van der Waals surface area contributed by atoms with Crippen LogP contribution in [0.3, 0.4) is 0 Å². The maximum Gasteiger partial charge on any atom is 0.528 e. The van der Waals surface area contributed by atoms with Gasteiger partial charge in [-0.25, -0.2) is 4.79 Å². The van der Waals surface area contributed by atoms with Gasteiger partial charge in [0.2, 0.25) is 0 Å². The lowest BCUT2D eigenvalue weighted by molar-refractivity contribution is -0.0364. The molecule has 0 spiro atoms. The van der Waals surface area contributed by atoms with Gasteiger partial charge in [-0.3, -0.25) is 4.79 Å². The highest BCUT2D eigenvalue weighted by Crippen LogP contribution is 2.16. The molecule has 0 unspecified atom stereocenters. The molecule has 21 heavy (non-hydrogen) atoms. The van der Waals surface area contributed by atoms with E-state index in [0.717, 1.165) is 0 Å². The summed E-state index contributed by atoms with van der Waals surface area (Å²) in [6, 6.07) is 6.43. The van der Waals surface area contributed by atoms with Gasteiger partial charge in [-0.15, -0.1) is 5.48 Å². The summed E-state index contributed by atoms with van der Waals surface area (Å²) in [5, 5.41) is 2.95. The van der Waals surface area contributed by atoms with E-state index in [1.54, 1.807) is 52.9 Å². The number of para-hydroxylation sites is 1. The molecule has 1 atom stereocenters. The third kappa shape index (κ3) is 5.43. The number of rotatable bonds is 5. The monoisotopic (exact) mass is 294 g/mol. The van der Waals surface area contributed by atoms with Crippen molar-refractivity contribution in [3.05, 3.63) is 29.8 Å². The summed E-state index contributed by atoms with van der Waals surface area (Å²) < 4.78 is 4.97. The van der Waals surface area contributed by atoms with Crippen molar-refractivity contribution in [1.82, 2.24) is 5.48 Å². The predicted molar refractivity (Wildman–Crippen MR) is 80.2 cm³/mol. The van der Waals surface area contributed by atoms with Crippen LogP contribution in [0, 0.1) is 0 Å². The van der Waals surface area contributed by atoms with Crippen LogP contribution in [0.25, 0.3) is 0 Å². The molecule has 0 saturated carbocycles. The van der Waals surface area contributed by atoms with Gasteiger partial charge in [-0.2, -0.15) is 0 Å². The van der Waals surface area contributed by atoms with Crippen molar-refractivity contribution in [2.75, 3.05) is 12.4 Å². The van der Waals surface area contributed by atoms with Crippen molar-refractivity contribution >= 4 is 17.6 Å². The minimum absolute atomic E-state index is 0.191. The van der Waals surface area contributed by atoms with Crippen molar-refractivity contribution < 1.29 is 19.2 Å². The van der Waals surface area contributed by atoms with Crippen molar-refractivity contribution in [3.63, 3.8) is 0 Å². The highest BCUT2D eigenvalue weighted by atomic mass is 16.8. The van der Waals surface area contributed by atoms with Gasteiger partial charge in [0.25, 0.3) is 0 Å². The van der Waals surface area contributed by atoms with Crippen LogP contribution < -0.4 is 10.8 Å². The van der Waals surface area contributed by atoms with E-state index in [4.69, 9.17) is 9.57 Å². The number of benzene rings is 1. The number of Topliss-reactive ketones (excluding diaryl/α,β-unsaturated/α-hetero) is 1. The molecule has 116 valence electrons. The van der Waals surface area contributed by atoms with Gasteiger partial charge in [-0.05, 0) is 39.8 Å².